The lowest BCUT2D eigenvalue weighted by atomic mass is 10.3. The van der Waals surface area contributed by atoms with Crippen molar-refractivity contribution < 1.29 is 9.21 Å². The Balaban J connectivity index is 1.55. The molecule has 0 saturated heterocycles. The van der Waals surface area contributed by atoms with Gasteiger partial charge in [0.25, 0.3) is 11.8 Å². The van der Waals surface area contributed by atoms with E-state index >= 15 is 0 Å². The van der Waals surface area contributed by atoms with Crippen molar-refractivity contribution in [3.63, 3.8) is 0 Å². The highest BCUT2D eigenvalue weighted by atomic mass is 32.1. The summed E-state index contributed by atoms with van der Waals surface area (Å²) < 4.78 is 7.96. The third-order valence-corrected chi connectivity index (χ3v) is 4.10. The minimum Gasteiger partial charge on any atom is -0.401 e. The van der Waals surface area contributed by atoms with E-state index in [-0.39, 0.29) is 17.8 Å². The summed E-state index contributed by atoms with van der Waals surface area (Å²) in [5, 5.41) is 14.7. The van der Waals surface area contributed by atoms with Crippen molar-refractivity contribution in [1.29, 1.82) is 0 Å². The van der Waals surface area contributed by atoms with Gasteiger partial charge >= 0.3 is 6.01 Å². The van der Waals surface area contributed by atoms with Crippen LogP contribution in [0.25, 0.3) is 21.8 Å². The Kier molecular flexibility index (Phi) is 3.12. The molecule has 0 bridgehead atoms. The van der Waals surface area contributed by atoms with Crippen LogP contribution in [0.15, 0.2) is 40.9 Å². The number of thiazole rings is 1. The number of hydrogen-bond acceptors (Lipinski definition) is 7. The third-order valence-electron chi connectivity index (χ3n) is 3.07. The van der Waals surface area contributed by atoms with Crippen molar-refractivity contribution in [3.8, 4) is 11.6 Å². The van der Waals surface area contributed by atoms with E-state index in [0.717, 1.165) is 10.2 Å². The van der Waals surface area contributed by atoms with Crippen LogP contribution in [0.3, 0.4) is 0 Å². The molecule has 4 rings (SSSR count). The summed E-state index contributed by atoms with van der Waals surface area (Å²) in [6.07, 6.45) is 1.76. The molecule has 0 fully saturated rings. The molecule has 1 aromatic carbocycles. The first-order valence-electron chi connectivity index (χ1n) is 6.69. The fourth-order valence-corrected chi connectivity index (χ4v) is 2.89. The summed E-state index contributed by atoms with van der Waals surface area (Å²) in [6, 6.07) is 9.30. The molecule has 3 aromatic heterocycles. The number of anilines is 1. The second kappa shape index (κ2) is 5.29. The van der Waals surface area contributed by atoms with Gasteiger partial charge in [0, 0.05) is 13.2 Å². The number of nitrogens with zero attached hydrogens (tertiary/aromatic N) is 5. The first kappa shape index (κ1) is 13.6. The molecule has 1 amide bonds. The molecule has 9 heteroatoms. The molecule has 0 unspecified atom stereocenters. The predicted octanol–water partition coefficient (Wildman–Crippen LogP) is 2.33. The highest BCUT2D eigenvalue weighted by Crippen LogP contribution is 2.23. The second-order valence-corrected chi connectivity index (χ2v) is 5.76. The second-order valence-electron chi connectivity index (χ2n) is 4.73. The monoisotopic (exact) mass is 326 g/mol. The Hall–Kier alpha value is -3.07. The zero-order chi connectivity index (χ0) is 15.8. The summed E-state index contributed by atoms with van der Waals surface area (Å²) in [4.78, 5) is 16.5. The Morgan fingerprint density at radius 1 is 1.26 bits per heavy atom. The molecule has 114 valence electrons. The minimum atomic E-state index is -0.387. The van der Waals surface area contributed by atoms with Crippen molar-refractivity contribution in [2.75, 3.05) is 5.32 Å². The van der Waals surface area contributed by atoms with E-state index in [2.05, 4.69) is 25.6 Å². The van der Waals surface area contributed by atoms with E-state index in [0.29, 0.717) is 10.7 Å². The van der Waals surface area contributed by atoms with Crippen molar-refractivity contribution in [2.45, 2.75) is 0 Å². The molecule has 0 radical (unpaired) electrons. The van der Waals surface area contributed by atoms with Gasteiger partial charge in [-0.05, 0) is 18.2 Å². The first-order valence-corrected chi connectivity index (χ1v) is 7.51. The van der Waals surface area contributed by atoms with Crippen LogP contribution in [0.1, 0.15) is 9.80 Å². The van der Waals surface area contributed by atoms with E-state index in [1.807, 2.05) is 24.3 Å². The van der Waals surface area contributed by atoms with E-state index < -0.39 is 0 Å². The van der Waals surface area contributed by atoms with Gasteiger partial charge in [-0.1, -0.05) is 17.2 Å². The molecule has 0 atom stereocenters. The Morgan fingerprint density at radius 2 is 2.13 bits per heavy atom. The van der Waals surface area contributed by atoms with Gasteiger partial charge in [0.2, 0.25) is 0 Å². The van der Waals surface area contributed by atoms with Crippen LogP contribution in [0.2, 0.25) is 0 Å². The molecular formula is C14H10N6O2S. The van der Waals surface area contributed by atoms with Crippen molar-refractivity contribution in [1.82, 2.24) is 25.0 Å². The van der Waals surface area contributed by atoms with Gasteiger partial charge < -0.3 is 4.42 Å². The molecule has 1 N–H and O–H groups in total. The zero-order valence-corrected chi connectivity index (χ0v) is 12.7. The molecule has 0 aliphatic carbocycles. The molecular weight excluding hydrogens is 316 g/mol. The number of benzene rings is 1. The summed E-state index contributed by atoms with van der Waals surface area (Å²) >= 11 is 1.30. The zero-order valence-electron chi connectivity index (χ0n) is 11.9. The van der Waals surface area contributed by atoms with Gasteiger partial charge in [0.1, 0.15) is 5.69 Å². The quantitative estimate of drug-likeness (QED) is 0.620. The summed E-state index contributed by atoms with van der Waals surface area (Å²) in [5.41, 5.74) is 1.32. The smallest absolute Gasteiger partial charge is 0.322 e. The van der Waals surface area contributed by atoms with Gasteiger partial charge in [-0.3, -0.25) is 14.8 Å². The normalized spacial score (nSPS) is 11.0. The van der Waals surface area contributed by atoms with Gasteiger partial charge in [0.05, 0.1) is 10.2 Å². The summed E-state index contributed by atoms with van der Waals surface area (Å²) in [7, 11) is 1.79. The Bertz CT molecular complexity index is 968. The number of fused-ring (bicyclic) bond motifs is 1. The number of para-hydroxylation sites is 1. The maximum Gasteiger partial charge on any atom is 0.322 e. The van der Waals surface area contributed by atoms with Crippen LogP contribution in [-0.2, 0) is 7.05 Å². The van der Waals surface area contributed by atoms with Crippen molar-refractivity contribution >= 4 is 33.5 Å². The molecule has 3 heterocycles. The van der Waals surface area contributed by atoms with Crippen LogP contribution >= 0.6 is 11.3 Å². The van der Waals surface area contributed by atoms with Crippen LogP contribution in [-0.4, -0.2) is 30.9 Å². The number of amides is 1. The Labute approximate surface area is 133 Å². The maximum absolute atomic E-state index is 12.2. The molecule has 0 aliphatic rings. The number of aromatic nitrogens is 5. The summed E-state index contributed by atoms with van der Waals surface area (Å²) in [6.45, 7) is 0. The highest BCUT2D eigenvalue weighted by Gasteiger charge is 2.17. The average Bonchev–Trinajstić information content (AvgIpc) is 3.25. The first-order chi connectivity index (χ1) is 11.2. The highest BCUT2D eigenvalue weighted by molar-refractivity contribution is 7.20. The standard InChI is InChI=1S/C14H10N6O2S/c1-20-7-6-9(19-20)12-17-18-14(22-12)16-11(21)13-15-8-4-2-3-5-10(8)23-13/h2-7H,1H3,(H,16,18,21). The topological polar surface area (TPSA) is 98.7 Å². The molecule has 0 spiro atoms. The third kappa shape index (κ3) is 2.57. The number of carbonyl (C=O) groups excluding carboxylic acids is 1. The van der Waals surface area contributed by atoms with Gasteiger partial charge in [-0.25, -0.2) is 4.98 Å². The van der Waals surface area contributed by atoms with Crippen molar-refractivity contribution in [2.24, 2.45) is 7.05 Å². The summed E-state index contributed by atoms with van der Waals surface area (Å²) in [5.74, 6) is -0.146. The number of aryl methyl sites for hydroxylation is 1. The Morgan fingerprint density at radius 3 is 2.91 bits per heavy atom. The largest absolute Gasteiger partial charge is 0.401 e. The van der Waals surface area contributed by atoms with Crippen LogP contribution in [0.5, 0.6) is 0 Å². The number of carbonyl (C=O) groups is 1. The lowest BCUT2D eigenvalue weighted by Crippen LogP contribution is -2.11. The number of rotatable bonds is 3. The SMILES string of the molecule is Cn1ccc(-c2nnc(NC(=O)c3nc4ccccc4s3)o2)n1. The number of nitrogens with one attached hydrogen (secondary N) is 1. The lowest BCUT2D eigenvalue weighted by Gasteiger charge is -1.94. The van der Waals surface area contributed by atoms with Crippen LogP contribution in [0, 0.1) is 0 Å². The fourth-order valence-electron chi connectivity index (χ4n) is 2.03. The predicted molar refractivity (Wildman–Crippen MR) is 84.1 cm³/mol. The molecule has 4 aromatic rings. The molecule has 23 heavy (non-hydrogen) atoms. The van der Waals surface area contributed by atoms with E-state index in [1.54, 1.807) is 24.0 Å². The van der Waals surface area contributed by atoms with Gasteiger partial charge in [-0.2, -0.15) is 5.10 Å². The molecule has 8 nitrogen and oxygen atoms in total. The molecule has 0 saturated carbocycles. The van der Waals surface area contributed by atoms with Crippen LogP contribution < -0.4 is 5.32 Å². The lowest BCUT2D eigenvalue weighted by molar-refractivity contribution is 0.102. The van der Waals surface area contributed by atoms with Crippen LogP contribution in [0.4, 0.5) is 6.01 Å². The minimum absolute atomic E-state index is 0.00918. The van der Waals surface area contributed by atoms with E-state index in [4.69, 9.17) is 4.42 Å². The fraction of sp³-hybridized carbons (Fsp3) is 0.0714. The van der Waals surface area contributed by atoms with E-state index in [9.17, 15) is 4.79 Å². The van der Waals surface area contributed by atoms with Gasteiger partial charge in [-0.15, -0.1) is 16.4 Å². The number of hydrogen-bond donors (Lipinski definition) is 1. The van der Waals surface area contributed by atoms with Crippen molar-refractivity contribution in [3.05, 3.63) is 41.5 Å². The van der Waals surface area contributed by atoms with E-state index in [1.165, 1.54) is 11.3 Å². The maximum atomic E-state index is 12.2. The van der Waals surface area contributed by atoms with Gasteiger partial charge in [0.15, 0.2) is 5.01 Å². The average molecular weight is 326 g/mol. The molecule has 0 aliphatic heterocycles.